The predicted octanol–water partition coefficient (Wildman–Crippen LogP) is 2.40. The summed E-state index contributed by atoms with van der Waals surface area (Å²) in [6, 6.07) is 0. The Hall–Kier alpha value is 0. The van der Waals surface area contributed by atoms with Gasteiger partial charge in [0.05, 0.1) is 0 Å². The lowest BCUT2D eigenvalue weighted by Crippen LogP contribution is -1.72. The summed E-state index contributed by atoms with van der Waals surface area (Å²) >= 11 is 0. The third kappa shape index (κ3) is 0.960. The Balaban J connectivity index is 2.06. The zero-order chi connectivity index (χ0) is 5.28. The second kappa shape index (κ2) is 1.85. The smallest absolute Gasteiger partial charge is 0.0676 e. The molecule has 0 N–H and O–H groups in total. The summed E-state index contributed by atoms with van der Waals surface area (Å²) in [6.07, 6.45) is 4.15. The van der Waals surface area contributed by atoms with Crippen molar-refractivity contribution in [2.45, 2.75) is 33.1 Å². The van der Waals surface area contributed by atoms with E-state index in [1.54, 1.807) is 5.92 Å². The van der Waals surface area contributed by atoms with E-state index in [1.807, 2.05) is 0 Å². The summed E-state index contributed by atoms with van der Waals surface area (Å²) in [4.78, 5) is 0. The van der Waals surface area contributed by atoms with Crippen LogP contribution in [-0.2, 0) is 0 Å². The van der Waals surface area contributed by atoms with Gasteiger partial charge in [-0.2, -0.15) is 12.3 Å². The minimum atomic E-state index is 1.03. The second-order valence-corrected chi connectivity index (χ2v) is 2.32. The minimum Gasteiger partial charge on any atom is -0.315 e. The van der Waals surface area contributed by atoms with E-state index in [-0.39, 0.29) is 0 Å². The normalized spacial score (nSPS) is 30.9. The molecule has 0 nitrogen and oxygen atoms in total. The Labute approximate surface area is 45.9 Å². The van der Waals surface area contributed by atoms with Gasteiger partial charge < -0.3 is 5.92 Å². The highest BCUT2D eigenvalue weighted by Crippen LogP contribution is 2.45. The molecular formula is C7H13-. The molecule has 0 aromatic rings. The van der Waals surface area contributed by atoms with E-state index >= 15 is 0 Å². The van der Waals surface area contributed by atoms with E-state index in [0.29, 0.717) is 0 Å². The van der Waals surface area contributed by atoms with Gasteiger partial charge in [0.25, 0.3) is 0 Å². The van der Waals surface area contributed by atoms with Gasteiger partial charge in [0.2, 0.25) is 0 Å². The van der Waals surface area contributed by atoms with Crippen LogP contribution in [0.1, 0.15) is 33.1 Å². The van der Waals surface area contributed by atoms with E-state index in [0.717, 1.165) is 5.92 Å². The van der Waals surface area contributed by atoms with Crippen LogP contribution in [0, 0.1) is 11.8 Å². The maximum absolute atomic E-state index is 2.27. The van der Waals surface area contributed by atoms with Gasteiger partial charge in [0.15, 0.2) is 0 Å². The Morgan fingerprint density at radius 2 is 2.29 bits per heavy atom. The molecule has 0 heterocycles. The average molecular weight is 97.2 g/mol. The molecule has 0 aromatic carbocycles. The van der Waals surface area contributed by atoms with Crippen molar-refractivity contribution in [2.24, 2.45) is 5.92 Å². The Kier molecular flexibility index (Phi) is 1.36. The van der Waals surface area contributed by atoms with Gasteiger partial charge in [-0.1, -0.05) is 20.3 Å². The first-order chi connectivity index (χ1) is 3.38. The number of hydrogen-bond acceptors (Lipinski definition) is 0. The monoisotopic (exact) mass is 97.1 g/mol. The molecule has 1 unspecified atom stereocenters. The zero-order valence-corrected chi connectivity index (χ0v) is 5.20. The van der Waals surface area contributed by atoms with Gasteiger partial charge in [0, 0.05) is 0 Å². The van der Waals surface area contributed by atoms with Crippen LogP contribution in [0.15, 0.2) is 0 Å². The molecule has 7 heavy (non-hydrogen) atoms. The first-order valence-electron chi connectivity index (χ1n) is 3.23. The topological polar surface area (TPSA) is 0 Å². The summed E-state index contributed by atoms with van der Waals surface area (Å²) in [7, 11) is 0. The van der Waals surface area contributed by atoms with Crippen molar-refractivity contribution < 1.29 is 0 Å². The molecule has 42 valence electrons. The van der Waals surface area contributed by atoms with E-state index < -0.39 is 0 Å². The van der Waals surface area contributed by atoms with Gasteiger partial charge in [0.1, 0.15) is 0 Å². The molecule has 0 spiro atoms. The van der Waals surface area contributed by atoms with Crippen molar-refractivity contribution in [2.75, 3.05) is 0 Å². The van der Waals surface area contributed by atoms with Crippen LogP contribution in [0.5, 0.6) is 0 Å². The lowest BCUT2D eigenvalue weighted by molar-refractivity contribution is 0.790. The maximum Gasteiger partial charge on any atom is -0.0676 e. The highest BCUT2D eigenvalue weighted by Gasteiger charge is 2.15. The Bertz CT molecular complexity index is 49.1. The molecule has 0 aliphatic heterocycles. The quantitative estimate of drug-likeness (QED) is 0.464. The van der Waals surface area contributed by atoms with Crippen LogP contribution in [0.25, 0.3) is 0 Å². The first-order valence-corrected chi connectivity index (χ1v) is 3.23. The van der Waals surface area contributed by atoms with Gasteiger partial charge in [-0.05, 0) is 0 Å². The molecule has 0 aromatic heterocycles. The van der Waals surface area contributed by atoms with Gasteiger partial charge >= 0.3 is 0 Å². The third-order valence-electron chi connectivity index (χ3n) is 1.87. The lowest BCUT2D eigenvalue weighted by Gasteiger charge is -2.00. The van der Waals surface area contributed by atoms with E-state index in [1.165, 1.54) is 19.3 Å². The van der Waals surface area contributed by atoms with Crippen LogP contribution >= 0.6 is 0 Å². The minimum absolute atomic E-state index is 1.03. The molecule has 0 amide bonds. The van der Waals surface area contributed by atoms with Crippen LogP contribution in [0.3, 0.4) is 0 Å². The number of hydrogen-bond donors (Lipinski definition) is 0. The first kappa shape index (κ1) is 5.14. The summed E-state index contributed by atoms with van der Waals surface area (Å²) in [6.45, 7) is 4.53. The standard InChI is InChI=1S/C7H13/c1-3-6-5-7(6)4-2/h6H,3-5H2,1-2H3/q-1. The fraction of sp³-hybridized carbons (Fsp3) is 0.857. The summed E-state index contributed by atoms with van der Waals surface area (Å²) < 4.78 is 0. The van der Waals surface area contributed by atoms with Gasteiger partial charge in [-0.25, -0.2) is 6.42 Å². The molecule has 1 aliphatic carbocycles. The van der Waals surface area contributed by atoms with Crippen LogP contribution < -0.4 is 0 Å². The molecule has 1 atom stereocenters. The van der Waals surface area contributed by atoms with Gasteiger partial charge in [-0.15, -0.1) is 0 Å². The van der Waals surface area contributed by atoms with Crippen molar-refractivity contribution in [3.05, 3.63) is 5.92 Å². The average Bonchev–Trinajstić information content (AvgIpc) is 2.43. The lowest BCUT2D eigenvalue weighted by atomic mass is 10.2. The van der Waals surface area contributed by atoms with Crippen molar-refractivity contribution in [3.63, 3.8) is 0 Å². The molecule has 0 radical (unpaired) electrons. The Morgan fingerprint density at radius 1 is 1.57 bits per heavy atom. The number of rotatable bonds is 2. The van der Waals surface area contributed by atoms with E-state index in [2.05, 4.69) is 13.8 Å². The fourth-order valence-corrected chi connectivity index (χ4v) is 1.12. The molecule has 1 aliphatic rings. The van der Waals surface area contributed by atoms with Crippen molar-refractivity contribution >= 4 is 0 Å². The van der Waals surface area contributed by atoms with Crippen LogP contribution in [0.4, 0.5) is 0 Å². The van der Waals surface area contributed by atoms with E-state index in [9.17, 15) is 0 Å². The molecular weight excluding hydrogens is 84.1 g/mol. The summed E-state index contributed by atoms with van der Waals surface area (Å²) in [5.74, 6) is 2.83. The molecule has 0 bridgehead atoms. The highest BCUT2D eigenvalue weighted by molar-refractivity contribution is 5.11. The Morgan fingerprint density at radius 3 is 2.43 bits per heavy atom. The molecule has 1 rings (SSSR count). The molecule has 0 heteroatoms. The van der Waals surface area contributed by atoms with Crippen LogP contribution in [0.2, 0.25) is 0 Å². The summed E-state index contributed by atoms with van der Waals surface area (Å²) in [5, 5.41) is 0. The van der Waals surface area contributed by atoms with Crippen molar-refractivity contribution in [3.8, 4) is 0 Å². The predicted molar refractivity (Wildman–Crippen MR) is 31.9 cm³/mol. The zero-order valence-electron chi connectivity index (χ0n) is 5.20. The van der Waals surface area contributed by atoms with Crippen molar-refractivity contribution in [1.82, 2.24) is 0 Å². The fourth-order valence-electron chi connectivity index (χ4n) is 1.12. The van der Waals surface area contributed by atoms with Crippen LogP contribution in [-0.4, -0.2) is 0 Å². The molecule has 0 saturated heterocycles. The third-order valence-corrected chi connectivity index (χ3v) is 1.87. The van der Waals surface area contributed by atoms with Crippen molar-refractivity contribution in [1.29, 1.82) is 0 Å². The SMILES string of the molecule is CC[C-]1CC1CC. The molecule has 1 saturated carbocycles. The maximum atomic E-state index is 2.27. The highest BCUT2D eigenvalue weighted by atomic mass is 14.4. The molecule has 1 fully saturated rings. The largest absolute Gasteiger partial charge is 0.315 e. The summed E-state index contributed by atoms with van der Waals surface area (Å²) in [5.41, 5.74) is 0. The van der Waals surface area contributed by atoms with E-state index in [4.69, 9.17) is 0 Å². The second-order valence-electron chi connectivity index (χ2n) is 2.32. The van der Waals surface area contributed by atoms with Gasteiger partial charge in [-0.3, -0.25) is 0 Å².